The smallest absolute Gasteiger partial charge is 0.326 e. The van der Waals surface area contributed by atoms with Crippen LogP contribution >= 0.6 is 0 Å². The SMILES string of the molecule is NCCCCC(N)C(=O)NC(CCCCN)C(=O)NC(CC(N)=O)C(=O)NC(CCCCN)C(=O)O. The Morgan fingerprint density at radius 2 is 1.03 bits per heavy atom. The second kappa shape index (κ2) is 19.4. The van der Waals surface area contributed by atoms with Crippen LogP contribution in [-0.2, 0) is 24.0 Å². The number of carbonyl (C=O) groups excluding carboxylic acids is 4. The number of nitrogens with one attached hydrogen (secondary N) is 3. The van der Waals surface area contributed by atoms with Crippen LogP contribution in [0.3, 0.4) is 0 Å². The lowest BCUT2D eigenvalue weighted by Gasteiger charge is -2.25. The molecule has 0 aliphatic rings. The quantitative estimate of drug-likeness (QED) is 0.0702. The first-order chi connectivity index (χ1) is 17.1. The van der Waals surface area contributed by atoms with Crippen molar-refractivity contribution in [2.24, 2.45) is 28.7 Å². The normalized spacial score (nSPS) is 14.2. The van der Waals surface area contributed by atoms with Gasteiger partial charge in [0.2, 0.25) is 23.6 Å². The molecule has 0 aromatic heterocycles. The minimum atomic E-state index is -1.43. The molecule has 14 heteroatoms. The fourth-order valence-electron chi connectivity index (χ4n) is 3.39. The lowest BCUT2D eigenvalue weighted by Crippen LogP contribution is -2.57. The average molecular weight is 517 g/mol. The Labute approximate surface area is 211 Å². The number of carboxylic acid groups (broad SMARTS) is 1. The summed E-state index contributed by atoms with van der Waals surface area (Å²) < 4.78 is 0. The topological polar surface area (TPSA) is 272 Å². The number of nitrogens with two attached hydrogens (primary N) is 5. The van der Waals surface area contributed by atoms with Crippen molar-refractivity contribution >= 4 is 29.6 Å². The Morgan fingerprint density at radius 3 is 1.50 bits per heavy atom. The third-order valence-corrected chi connectivity index (χ3v) is 5.49. The summed E-state index contributed by atoms with van der Waals surface area (Å²) in [6, 6.07) is -4.56. The monoisotopic (exact) mass is 516 g/mol. The van der Waals surface area contributed by atoms with E-state index >= 15 is 0 Å². The van der Waals surface area contributed by atoms with E-state index in [9.17, 15) is 29.1 Å². The minimum Gasteiger partial charge on any atom is -0.480 e. The largest absolute Gasteiger partial charge is 0.480 e. The molecule has 0 spiro atoms. The molecule has 0 aliphatic heterocycles. The van der Waals surface area contributed by atoms with Crippen LogP contribution in [0.1, 0.15) is 64.2 Å². The highest BCUT2D eigenvalue weighted by molar-refractivity contribution is 5.96. The fourth-order valence-corrected chi connectivity index (χ4v) is 3.39. The van der Waals surface area contributed by atoms with E-state index in [4.69, 9.17) is 28.7 Å². The maximum absolute atomic E-state index is 13.0. The maximum atomic E-state index is 13.0. The molecule has 4 unspecified atom stereocenters. The van der Waals surface area contributed by atoms with Crippen LogP contribution in [0.2, 0.25) is 0 Å². The molecule has 0 aromatic rings. The summed E-state index contributed by atoms with van der Waals surface area (Å²) in [4.78, 5) is 61.4. The molecule has 4 amide bonds. The van der Waals surface area contributed by atoms with Crippen molar-refractivity contribution in [1.82, 2.24) is 16.0 Å². The zero-order valence-electron chi connectivity index (χ0n) is 20.9. The van der Waals surface area contributed by atoms with E-state index in [1.54, 1.807) is 0 Å². The molecule has 14 N–H and O–H groups in total. The van der Waals surface area contributed by atoms with Crippen molar-refractivity contribution in [3.63, 3.8) is 0 Å². The van der Waals surface area contributed by atoms with Crippen molar-refractivity contribution in [2.75, 3.05) is 19.6 Å². The van der Waals surface area contributed by atoms with E-state index in [2.05, 4.69) is 16.0 Å². The lowest BCUT2D eigenvalue weighted by molar-refractivity contribution is -0.142. The maximum Gasteiger partial charge on any atom is 0.326 e. The van der Waals surface area contributed by atoms with E-state index in [1.807, 2.05) is 0 Å². The highest BCUT2D eigenvalue weighted by atomic mass is 16.4. The van der Waals surface area contributed by atoms with Crippen LogP contribution < -0.4 is 44.6 Å². The summed E-state index contributed by atoms with van der Waals surface area (Å²) in [6.45, 7) is 1.22. The van der Waals surface area contributed by atoms with Crippen molar-refractivity contribution in [3.05, 3.63) is 0 Å². The van der Waals surface area contributed by atoms with Crippen LogP contribution in [0.25, 0.3) is 0 Å². The van der Waals surface area contributed by atoms with Crippen LogP contribution in [0.5, 0.6) is 0 Å². The number of unbranched alkanes of at least 4 members (excludes halogenated alkanes) is 3. The molecule has 0 aliphatic carbocycles. The zero-order valence-corrected chi connectivity index (χ0v) is 20.9. The summed E-state index contributed by atoms with van der Waals surface area (Å²) in [5, 5.41) is 16.7. The second-order valence-electron chi connectivity index (χ2n) is 8.65. The van der Waals surface area contributed by atoms with Crippen molar-refractivity contribution in [3.8, 4) is 0 Å². The summed E-state index contributed by atoms with van der Waals surface area (Å²) in [7, 11) is 0. The predicted octanol–water partition coefficient (Wildman–Crippen LogP) is -2.88. The first-order valence-electron chi connectivity index (χ1n) is 12.3. The summed E-state index contributed by atoms with van der Waals surface area (Å²) in [5.74, 6) is -4.29. The van der Waals surface area contributed by atoms with Crippen LogP contribution in [0.15, 0.2) is 0 Å². The Hall–Kier alpha value is -2.81. The van der Waals surface area contributed by atoms with Gasteiger partial charge >= 0.3 is 5.97 Å². The van der Waals surface area contributed by atoms with Gasteiger partial charge in [0.05, 0.1) is 12.5 Å². The fraction of sp³-hybridized carbons (Fsp3) is 0.773. The summed E-state index contributed by atoms with van der Waals surface area (Å²) >= 11 is 0. The number of carbonyl (C=O) groups is 5. The predicted molar refractivity (Wildman–Crippen MR) is 134 cm³/mol. The zero-order chi connectivity index (χ0) is 27.5. The average Bonchev–Trinajstić information content (AvgIpc) is 2.81. The lowest BCUT2D eigenvalue weighted by atomic mass is 10.0. The van der Waals surface area contributed by atoms with Crippen molar-refractivity contribution < 1.29 is 29.1 Å². The van der Waals surface area contributed by atoms with Gasteiger partial charge in [-0.1, -0.05) is 6.42 Å². The number of aliphatic carboxylic acids is 1. The highest BCUT2D eigenvalue weighted by Gasteiger charge is 2.31. The van der Waals surface area contributed by atoms with Gasteiger partial charge < -0.3 is 49.7 Å². The minimum absolute atomic E-state index is 0.120. The number of primary amides is 1. The molecule has 0 saturated heterocycles. The van der Waals surface area contributed by atoms with Gasteiger partial charge in [-0.25, -0.2) is 4.79 Å². The Bertz CT molecular complexity index is 708. The number of carboxylic acids is 1. The molecule has 4 atom stereocenters. The molecular formula is C22H44N8O6. The molecular weight excluding hydrogens is 472 g/mol. The molecule has 0 radical (unpaired) electrons. The van der Waals surface area contributed by atoms with Gasteiger partial charge in [-0.15, -0.1) is 0 Å². The molecule has 0 bridgehead atoms. The van der Waals surface area contributed by atoms with E-state index in [0.29, 0.717) is 64.6 Å². The molecule has 208 valence electrons. The summed E-state index contributed by atoms with van der Waals surface area (Å²) in [5.41, 5.74) is 27.6. The van der Waals surface area contributed by atoms with Gasteiger partial charge in [-0.05, 0) is 71.0 Å². The number of hydrogen-bond acceptors (Lipinski definition) is 9. The third-order valence-electron chi connectivity index (χ3n) is 5.49. The third kappa shape index (κ3) is 14.6. The van der Waals surface area contributed by atoms with E-state index in [0.717, 1.165) is 0 Å². The van der Waals surface area contributed by atoms with Crippen LogP contribution in [-0.4, -0.2) is 78.5 Å². The standard InChI is InChI=1S/C22H44N8O6/c23-10-4-1-7-14(26)19(32)28-15(8-2-5-11-24)20(33)30-17(13-18(27)31)21(34)29-16(22(35)36)9-3-6-12-25/h14-17H,1-13,23-26H2,(H2,27,31)(H,28,32)(H,29,34)(H,30,33)(H,35,36). The molecule has 0 rings (SSSR count). The van der Waals surface area contributed by atoms with Crippen molar-refractivity contribution in [1.29, 1.82) is 0 Å². The Morgan fingerprint density at radius 1 is 0.611 bits per heavy atom. The molecule has 14 nitrogen and oxygen atoms in total. The Kier molecular flexibility index (Phi) is 17.9. The van der Waals surface area contributed by atoms with Gasteiger partial charge in [0.25, 0.3) is 0 Å². The molecule has 0 fully saturated rings. The van der Waals surface area contributed by atoms with Gasteiger partial charge in [-0.3, -0.25) is 19.2 Å². The van der Waals surface area contributed by atoms with Crippen LogP contribution in [0.4, 0.5) is 0 Å². The first kappa shape index (κ1) is 33.2. The van der Waals surface area contributed by atoms with E-state index < -0.39 is 60.2 Å². The number of amides is 4. The Balaban J connectivity index is 5.42. The van der Waals surface area contributed by atoms with E-state index in [1.165, 1.54) is 0 Å². The summed E-state index contributed by atoms with van der Waals surface area (Å²) in [6.07, 6.45) is 3.63. The van der Waals surface area contributed by atoms with Gasteiger partial charge in [0, 0.05) is 0 Å². The highest BCUT2D eigenvalue weighted by Crippen LogP contribution is 2.06. The van der Waals surface area contributed by atoms with Crippen LogP contribution in [0, 0.1) is 0 Å². The molecule has 0 heterocycles. The molecule has 0 aromatic carbocycles. The van der Waals surface area contributed by atoms with E-state index in [-0.39, 0.29) is 12.8 Å². The first-order valence-corrected chi connectivity index (χ1v) is 12.3. The molecule has 0 saturated carbocycles. The van der Waals surface area contributed by atoms with Gasteiger partial charge in [0.1, 0.15) is 18.1 Å². The van der Waals surface area contributed by atoms with Gasteiger partial charge in [-0.2, -0.15) is 0 Å². The van der Waals surface area contributed by atoms with Crippen molar-refractivity contribution in [2.45, 2.75) is 88.4 Å². The number of hydrogen-bond donors (Lipinski definition) is 9. The van der Waals surface area contributed by atoms with Gasteiger partial charge in [0.15, 0.2) is 0 Å². The molecule has 36 heavy (non-hydrogen) atoms. The second-order valence-corrected chi connectivity index (χ2v) is 8.65. The number of rotatable bonds is 21.